The highest BCUT2D eigenvalue weighted by Gasteiger charge is 2.42. The van der Waals surface area contributed by atoms with Crippen molar-refractivity contribution < 1.29 is 13.2 Å². The van der Waals surface area contributed by atoms with Crippen LogP contribution in [-0.2, 0) is 32.3 Å². The van der Waals surface area contributed by atoms with Crippen molar-refractivity contribution in [2.75, 3.05) is 30.9 Å². The summed E-state index contributed by atoms with van der Waals surface area (Å²) in [5, 5.41) is 1.32. The number of rotatable bonds is 3. The average Bonchev–Trinajstić information content (AvgIpc) is 3.09. The molecule has 0 radical (unpaired) electrons. The van der Waals surface area contributed by atoms with Crippen LogP contribution in [0.2, 0.25) is 0 Å². The molecule has 5 rings (SSSR count). The third kappa shape index (κ3) is 3.42. The van der Waals surface area contributed by atoms with Crippen LogP contribution in [0.25, 0.3) is 10.9 Å². The number of aromatic amines is 1. The molecular formula is C22H25N3O3S. The van der Waals surface area contributed by atoms with Crippen molar-refractivity contribution >= 4 is 26.6 Å². The maximum atomic E-state index is 11.5. The van der Waals surface area contributed by atoms with Crippen LogP contribution < -0.4 is 4.90 Å². The molecule has 6 nitrogen and oxygen atoms in total. The van der Waals surface area contributed by atoms with Gasteiger partial charge in [0, 0.05) is 36.4 Å². The predicted molar refractivity (Wildman–Crippen MR) is 114 cm³/mol. The fourth-order valence-electron chi connectivity index (χ4n) is 4.75. The number of hydrogen-bond acceptors (Lipinski definition) is 5. The Balaban J connectivity index is 1.36. The van der Waals surface area contributed by atoms with Crippen molar-refractivity contribution in [3.8, 4) is 0 Å². The first kappa shape index (κ1) is 18.6. The van der Waals surface area contributed by atoms with Crippen LogP contribution in [0, 0.1) is 0 Å². The average molecular weight is 412 g/mol. The molecule has 0 amide bonds. The smallest absolute Gasteiger partial charge is 0.151 e. The van der Waals surface area contributed by atoms with E-state index in [-0.39, 0.29) is 11.4 Å². The SMILES string of the molecule is CS(=O)(=O)Cc1ccc(N2CCC3(CC2)OCCc2c3[nH]c3ccccc23)nc1. The highest BCUT2D eigenvalue weighted by molar-refractivity contribution is 7.89. The van der Waals surface area contributed by atoms with Gasteiger partial charge in [-0.2, -0.15) is 0 Å². The summed E-state index contributed by atoms with van der Waals surface area (Å²) in [4.78, 5) is 10.4. The van der Waals surface area contributed by atoms with Crippen LogP contribution in [0.4, 0.5) is 5.82 Å². The lowest BCUT2D eigenvalue weighted by Crippen LogP contribution is -2.47. The van der Waals surface area contributed by atoms with E-state index in [9.17, 15) is 8.42 Å². The third-order valence-corrected chi connectivity index (χ3v) is 6.99. The van der Waals surface area contributed by atoms with Gasteiger partial charge in [-0.1, -0.05) is 24.3 Å². The quantitative estimate of drug-likeness (QED) is 0.716. The number of para-hydroxylation sites is 1. The Hall–Kier alpha value is -2.38. The Morgan fingerprint density at radius 2 is 1.97 bits per heavy atom. The van der Waals surface area contributed by atoms with E-state index < -0.39 is 9.84 Å². The summed E-state index contributed by atoms with van der Waals surface area (Å²) >= 11 is 0. The van der Waals surface area contributed by atoms with Crippen LogP contribution >= 0.6 is 0 Å². The minimum Gasteiger partial charge on any atom is -0.368 e. The van der Waals surface area contributed by atoms with Crippen LogP contribution in [0.15, 0.2) is 42.6 Å². The first-order valence-corrected chi connectivity index (χ1v) is 12.1. The predicted octanol–water partition coefficient (Wildman–Crippen LogP) is 3.18. The molecule has 1 fully saturated rings. The first-order chi connectivity index (χ1) is 13.9. The molecule has 1 spiro atoms. The standard InChI is InChI=1S/C22H25N3O3S/c1-29(26,27)15-16-6-7-20(23-14-16)25-11-9-22(10-12-25)21-18(8-13-28-22)17-4-2-3-5-19(17)24-21/h2-7,14,24H,8-13,15H2,1H3. The van der Waals surface area contributed by atoms with Crippen LogP contribution in [-0.4, -0.2) is 44.3 Å². The minimum absolute atomic E-state index is 0.0282. The molecule has 29 heavy (non-hydrogen) atoms. The van der Waals surface area contributed by atoms with Gasteiger partial charge in [-0.15, -0.1) is 0 Å². The summed E-state index contributed by atoms with van der Waals surface area (Å²) in [6.07, 6.45) is 5.68. The lowest BCUT2D eigenvalue weighted by Gasteiger charge is -2.44. The molecule has 4 heterocycles. The second kappa shape index (κ2) is 6.85. The van der Waals surface area contributed by atoms with Gasteiger partial charge in [-0.3, -0.25) is 0 Å². The number of nitrogens with zero attached hydrogens (tertiary/aromatic N) is 2. The number of anilines is 1. The fraction of sp³-hybridized carbons (Fsp3) is 0.409. The van der Waals surface area contributed by atoms with Crippen molar-refractivity contribution in [2.45, 2.75) is 30.6 Å². The van der Waals surface area contributed by atoms with E-state index in [1.165, 1.54) is 28.4 Å². The van der Waals surface area contributed by atoms with Crippen molar-refractivity contribution in [1.29, 1.82) is 0 Å². The molecule has 1 saturated heterocycles. The number of aromatic nitrogens is 2. The number of piperidine rings is 1. The Kier molecular flexibility index (Phi) is 4.40. The molecule has 0 unspecified atom stereocenters. The molecule has 2 aliphatic heterocycles. The monoisotopic (exact) mass is 411 g/mol. The van der Waals surface area contributed by atoms with Gasteiger partial charge in [0.2, 0.25) is 0 Å². The summed E-state index contributed by atoms with van der Waals surface area (Å²) in [5.74, 6) is 0.921. The van der Waals surface area contributed by atoms with Crippen molar-refractivity contribution in [3.05, 3.63) is 59.4 Å². The minimum atomic E-state index is -3.05. The number of benzene rings is 1. The van der Waals surface area contributed by atoms with E-state index in [4.69, 9.17) is 4.74 Å². The Morgan fingerprint density at radius 3 is 2.69 bits per heavy atom. The Morgan fingerprint density at radius 1 is 1.17 bits per heavy atom. The van der Waals surface area contributed by atoms with Crippen molar-refractivity contribution in [3.63, 3.8) is 0 Å². The summed E-state index contributed by atoms with van der Waals surface area (Å²) < 4.78 is 29.3. The molecule has 2 aliphatic rings. The molecular weight excluding hydrogens is 386 g/mol. The van der Waals surface area contributed by atoms with E-state index in [2.05, 4.69) is 39.1 Å². The van der Waals surface area contributed by atoms with Crippen molar-refractivity contribution in [2.24, 2.45) is 0 Å². The summed E-state index contributed by atoms with van der Waals surface area (Å²) in [5.41, 5.74) is 4.32. The number of hydrogen-bond donors (Lipinski definition) is 1. The summed E-state index contributed by atoms with van der Waals surface area (Å²) in [6, 6.07) is 12.3. The lowest BCUT2D eigenvalue weighted by atomic mass is 9.83. The van der Waals surface area contributed by atoms with E-state index >= 15 is 0 Å². The van der Waals surface area contributed by atoms with Gasteiger partial charge < -0.3 is 14.6 Å². The maximum Gasteiger partial charge on any atom is 0.151 e. The zero-order valence-electron chi connectivity index (χ0n) is 16.5. The number of pyridine rings is 1. The number of sulfone groups is 1. The molecule has 1 N–H and O–H groups in total. The maximum absolute atomic E-state index is 11.5. The van der Waals surface area contributed by atoms with Crippen LogP contribution in [0.5, 0.6) is 0 Å². The lowest BCUT2D eigenvalue weighted by molar-refractivity contribution is -0.0791. The number of ether oxygens (including phenoxy) is 1. The molecule has 0 aliphatic carbocycles. The summed E-state index contributed by atoms with van der Waals surface area (Å²) in [7, 11) is -3.05. The van der Waals surface area contributed by atoms with Gasteiger partial charge >= 0.3 is 0 Å². The molecule has 1 aromatic carbocycles. The van der Waals surface area contributed by atoms with Crippen molar-refractivity contribution in [1.82, 2.24) is 9.97 Å². The largest absolute Gasteiger partial charge is 0.368 e. The van der Waals surface area contributed by atoms with Gasteiger partial charge in [0.15, 0.2) is 9.84 Å². The zero-order valence-corrected chi connectivity index (χ0v) is 17.3. The van der Waals surface area contributed by atoms with Crippen LogP contribution in [0.1, 0.15) is 29.7 Å². The van der Waals surface area contributed by atoms with E-state index in [0.29, 0.717) is 0 Å². The highest BCUT2D eigenvalue weighted by atomic mass is 32.2. The van der Waals surface area contributed by atoms with Gasteiger partial charge in [-0.25, -0.2) is 13.4 Å². The van der Waals surface area contributed by atoms with Crippen LogP contribution in [0.3, 0.4) is 0 Å². The molecule has 0 saturated carbocycles. The summed E-state index contributed by atoms with van der Waals surface area (Å²) in [6.45, 7) is 2.47. The molecule has 7 heteroatoms. The second-order valence-corrected chi connectivity index (χ2v) is 10.3. The fourth-order valence-corrected chi connectivity index (χ4v) is 5.53. The molecule has 152 valence electrons. The van der Waals surface area contributed by atoms with Gasteiger partial charge in [-0.05, 0) is 42.5 Å². The molecule has 0 atom stereocenters. The Labute approximate surface area is 170 Å². The van der Waals surface area contributed by atoms with E-state index in [1.807, 2.05) is 12.1 Å². The van der Waals surface area contributed by atoms with Gasteiger partial charge in [0.1, 0.15) is 11.4 Å². The van der Waals surface area contributed by atoms with Gasteiger partial charge in [0.25, 0.3) is 0 Å². The number of fused-ring (bicyclic) bond motifs is 4. The zero-order chi connectivity index (χ0) is 20.1. The molecule has 2 aromatic heterocycles. The molecule has 0 bridgehead atoms. The number of nitrogens with one attached hydrogen (secondary N) is 1. The normalized spacial score (nSPS) is 18.9. The highest BCUT2D eigenvalue weighted by Crippen LogP contribution is 2.43. The molecule has 3 aromatic rings. The Bertz CT molecular complexity index is 1140. The van der Waals surface area contributed by atoms with E-state index in [1.54, 1.807) is 6.20 Å². The van der Waals surface area contributed by atoms with Gasteiger partial charge in [0.05, 0.1) is 18.1 Å². The second-order valence-electron chi connectivity index (χ2n) is 8.20. The number of H-pyrrole nitrogens is 1. The van der Waals surface area contributed by atoms with E-state index in [0.717, 1.165) is 50.3 Å². The first-order valence-electron chi connectivity index (χ1n) is 10.1. The topological polar surface area (TPSA) is 75.3 Å². The third-order valence-electron chi connectivity index (χ3n) is 6.13.